The molecular formula is C21H20O6. The van der Waals surface area contributed by atoms with Gasteiger partial charge < -0.3 is 15.3 Å². The van der Waals surface area contributed by atoms with Crippen molar-refractivity contribution >= 4 is 17.3 Å². The summed E-state index contributed by atoms with van der Waals surface area (Å²) in [5, 5.41) is 28.2. The minimum Gasteiger partial charge on any atom is -0.508 e. The molecule has 140 valence electrons. The van der Waals surface area contributed by atoms with Crippen molar-refractivity contribution in [2.45, 2.75) is 31.6 Å². The molecule has 0 amide bonds. The molecule has 1 aliphatic rings. The van der Waals surface area contributed by atoms with E-state index in [9.17, 15) is 29.7 Å². The third kappa shape index (κ3) is 4.16. The number of Topliss-reactive ketones (excluding diaryl/α,β-unsaturated/α-hetero) is 3. The van der Waals surface area contributed by atoms with E-state index in [-0.39, 0.29) is 60.4 Å². The van der Waals surface area contributed by atoms with E-state index in [1.807, 2.05) is 0 Å². The van der Waals surface area contributed by atoms with Crippen LogP contribution in [0.2, 0.25) is 0 Å². The molecule has 1 fully saturated rings. The lowest BCUT2D eigenvalue weighted by molar-refractivity contribution is -0.142. The van der Waals surface area contributed by atoms with Crippen LogP contribution in [0.1, 0.15) is 36.3 Å². The van der Waals surface area contributed by atoms with Crippen LogP contribution in [0.3, 0.4) is 0 Å². The largest absolute Gasteiger partial charge is 0.508 e. The third-order valence-corrected chi connectivity index (χ3v) is 4.93. The topological polar surface area (TPSA) is 112 Å². The Morgan fingerprint density at radius 2 is 1.52 bits per heavy atom. The Hall–Kier alpha value is -3.15. The van der Waals surface area contributed by atoms with Crippen molar-refractivity contribution in [2.24, 2.45) is 5.92 Å². The number of phenols is 3. The van der Waals surface area contributed by atoms with Crippen molar-refractivity contribution < 1.29 is 29.7 Å². The predicted octanol–water partition coefficient (Wildman–Crippen LogP) is 2.64. The number of benzene rings is 2. The van der Waals surface area contributed by atoms with E-state index in [4.69, 9.17) is 0 Å². The van der Waals surface area contributed by atoms with E-state index in [2.05, 4.69) is 0 Å². The maximum Gasteiger partial charge on any atom is 0.157 e. The highest BCUT2D eigenvalue weighted by molar-refractivity contribution is 6.21. The molecule has 6 heteroatoms. The Morgan fingerprint density at radius 1 is 0.889 bits per heavy atom. The van der Waals surface area contributed by atoms with Crippen LogP contribution in [0.5, 0.6) is 17.2 Å². The highest BCUT2D eigenvalue weighted by Crippen LogP contribution is 2.33. The van der Waals surface area contributed by atoms with Gasteiger partial charge in [-0.2, -0.15) is 0 Å². The standard InChI is InChI=1S/C21H20O6/c22-15-5-3-13(4-6-15)14-10-19(26)21(20(27)11-14)17(24)8-2-12-1-7-16(23)18(25)9-12/h1,3-7,9,14,21-23,25H,2,8,10-11H2. The fourth-order valence-corrected chi connectivity index (χ4v) is 3.45. The number of carbonyl (C=O) groups excluding carboxylic acids is 3. The normalized spacial score (nSPS) is 19.9. The number of carbonyl (C=O) groups is 3. The van der Waals surface area contributed by atoms with Crippen molar-refractivity contribution in [3.05, 3.63) is 53.6 Å². The molecule has 1 saturated carbocycles. The van der Waals surface area contributed by atoms with Crippen LogP contribution < -0.4 is 0 Å². The molecule has 3 N–H and O–H groups in total. The fourth-order valence-electron chi connectivity index (χ4n) is 3.45. The average molecular weight is 368 g/mol. The molecule has 0 spiro atoms. The number of hydrogen-bond acceptors (Lipinski definition) is 6. The summed E-state index contributed by atoms with van der Waals surface area (Å²) in [5.74, 6) is -3.06. The molecule has 2 aromatic carbocycles. The van der Waals surface area contributed by atoms with E-state index >= 15 is 0 Å². The highest BCUT2D eigenvalue weighted by atomic mass is 16.3. The molecule has 27 heavy (non-hydrogen) atoms. The second-order valence-corrected chi connectivity index (χ2v) is 6.85. The molecule has 6 nitrogen and oxygen atoms in total. The van der Waals surface area contributed by atoms with Crippen LogP contribution in [0.15, 0.2) is 42.5 Å². The van der Waals surface area contributed by atoms with Crippen LogP contribution in [0.4, 0.5) is 0 Å². The van der Waals surface area contributed by atoms with E-state index < -0.39 is 11.7 Å². The van der Waals surface area contributed by atoms with Gasteiger partial charge in [-0.3, -0.25) is 14.4 Å². The molecule has 2 aromatic rings. The zero-order chi connectivity index (χ0) is 19.6. The van der Waals surface area contributed by atoms with Crippen molar-refractivity contribution in [3.8, 4) is 17.2 Å². The summed E-state index contributed by atoms with van der Waals surface area (Å²) in [4.78, 5) is 37.3. The third-order valence-electron chi connectivity index (χ3n) is 4.93. The zero-order valence-corrected chi connectivity index (χ0v) is 14.6. The van der Waals surface area contributed by atoms with E-state index in [1.54, 1.807) is 18.2 Å². The quantitative estimate of drug-likeness (QED) is 0.552. The van der Waals surface area contributed by atoms with Gasteiger partial charge in [0.1, 0.15) is 11.7 Å². The Kier molecular flexibility index (Phi) is 5.26. The Morgan fingerprint density at radius 3 is 2.11 bits per heavy atom. The summed E-state index contributed by atoms with van der Waals surface area (Å²) in [7, 11) is 0. The first kappa shape index (κ1) is 18.6. The summed E-state index contributed by atoms with van der Waals surface area (Å²) >= 11 is 0. The van der Waals surface area contributed by atoms with E-state index in [0.717, 1.165) is 5.56 Å². The molecule has 0 unspecified atom stereocenters. The van der Waals surface area contributed by atoms with Gasteiger partial charge in [0.15, 0.2) is 28.8 Å². The van der Waals surface area contributed by atoms with Gasteiger partial charge in [0.2, 0.25) is 0 Å². The first-order chi connectivity index (χ1) is 12.8. The summed E-state index contributed by atoms with van der Waals surface area (Å²) in [6.07, 6.45) is 0.515. The van der Waals surface area contributed by atoms with Gasteiger partial charge in [0.25, 0.3) is 0 Å². The number of aryl methyl sites for hydroxylation is 1. The smallest absolute Gasteiger partial charge is 0.157 e. The molecule has 3 rings (SSSR count). The van der Waals surface area contributed by atoms with Crippen LogP contribution in [0.25, 0.3) is 0 Å². The minimum absolute atomic E-state index is 0.0102. The van der Waals surface area contributed by atoms with Crippen molar-refractivity contribution in [3.63, 3.8) is 0 Å². The predicted molar refractivity (Wildman–Crippen MR) is 96.7 cm³/mol. The number of ketones is 3. The van der Waals surface area contributed by atoms with Crippen LogP contribution in [-0.2, 0) is 20.8 Å². The van der Waals surface area contributed by atoms with Crippen molar-refractivity contribution in [2.75, 3.05) is 0 Å². The van der Waals surface area contributed by atoms with Gasteiger partial charge in [0, 0.05) is 19.3 Å². The van der Waals surface area contributed by atoms with Gasteiger partial charge in [-0.15, -0.1) is 0 Å². The van der Waals surface area contributed by atoms with Crippen LogP contribution in [0, 0.1) is 5.92 Å². The van der Waals surface area contributed by atoms with Crippen molar-refractivity contribution in [1.82, 2.24) is 0 Å². The lowest BCUT2D eigenvalue weighted by Gasteiger charge is -2.26. The maximum atomic E-state index is 12.4. The van der Waals surface area contributed by atoms with Crippen molar-refractivity contribution in [1.29, 1.82) is 0 Å². The Balaban J connectivity index is 1.64. The summed E-state index contributed by atoms with van der Waals surface area (Å²) < 4.78 is 0. The average Bonchev–Trinajstić information content (AvgIpc) is 2.62. The van der Waals surface area contributed by atoms with Crippen LogP contribution in [-0.4, -0.2) is 32.7 Å². The maximum absolute atomic E-state index is 12.4. The Labute approximate surface area is 156 Å². The van der Waals surface area contributed by atoms with Gasteiger partial charge in [-0.1, -0.05) is 18.2 Å². The van der Waals surface area contributed by atoms with E-state index in [0.29, 0.717) is 5.56 Å². The first-order valence-electron chi connectivity index (χ1n) is 8.73. The summed E-state index contributed by atoms with van der Waals surface area (Å²) in [6.45, 7) is 0. The summed E-state index contributed by atoms with van der Waals surface area (Å²) in [5.41, 5.74) is 1.43. The molecular weight excluding hydrogens is 348 g/mol. The monoisotopic (exact) mass is 368 g/mol. The molecule has 0 saturated heterocycles. The van der Waals surface area contributed by atoms with Gasteiger partial charge in [-0.05, 0) is 47.7 Å². The number of phenolic OH excluding ortho intramolecular Hbond substituents is 3. The highest BCUT2D eigenvalue weighted by Gasteiger charge is 2.39. The lowest BCUT2D eigenvalue weighted by atomic mass is 9.74. The number of hydrogen-bond donors (Lipinski definition) is 3. The van der Waals surface area contributed by atoms with Crippen LogP contribution >= 0.6 is 0 Å². The number of aromatic hydroxyl groups is 3. The summed E-state index contributed by atoms with van der Waals surface area (Å²) in [6, 6.07) is 10.6. The second-order valence-electron chi connectivity index (χ2n) is 6.85. The molecule has 0 radical (unpaired) electrons. The van der Waals surface area contributed by atoms with Gasteiger partial charge in [-0.25, -0.2) is 0 Å². The van der Waals surface area contributed by atoms with Gasteiger partial charge >= 0.3 is 0 Å². The zero-order valence-electron chi connectivity index (χ0n) is 14.6. The number of rotatable bonds is 5. The molecule has 1 aliphatic carbocycles. The Bertz CT molecular complexity index is 866. The molecule has 0 aliphatic heterocycles. The molecule has 0 heterocycles. The fraction of sp³-hybridized carbons (Fsp3) is 0.286. The lowest BCUT2D eigenvalue weighted by Crippen LogP contribution is -2.38. The SMILES string of the molecule is O=C(CCc1ccc(O)c(O)c1)C1C(=O)CC(c2ccc(O)cc2)CC1=O. The minimum atomic E-state index is -1.22. The molecule has 0 atom stereocenters. The second kappa shape index (κ2) is 7.61. The molecule has 0 bridgehead atoms. The first-order valence-corrected chi connectivity index (χ1v) is 8.73. The molecule has 0 aromatic heterocycles. The van der Waals surface area contributed by atoms with E-state index in [1.165, 1.54) is 24.3 Å². The van der Waals surface area contributed by atoms with Gasteiger partial charge in [0.05, 0.1) is 0 Å².